The summed E-state index contributed by atoms with van der Waals surface area (Å²) in [6, 6.07) is 40.8. The Morgan fingerprint density at radius 3 is 1.04 bits per heavy atom. The molecule has 56 heavy (non-hydrogen) atoms. The van der Waals surface area contributed by atoms with Crippen molar-refractivity contribution in [3.05, 3.63) is 211 Å². The van der Waals surface area contributed by atoms with Gasteiger partial charge >= 0.3 is 0 Å². The van der Waals surface area contributed by atoms with Gasteiger partial charge in [0.25, 0.3) is 0 Å². The van der Waals surface area contributed by atoms with Crippen molar-refractivity contribution in [1.82, 2.24) is 0 Å². The molecule has 0 aliphatic heterocycles. The highest BCUT2D eigenvalue weighted by Crippen LogP contribution is 2.19. The van der Waals surface area contributed by atoms with E-state index in [0.717, 1.165) is 31.7 Å². The Labute approximate surface area is 344 Å². The van der Waals surface area contributed by atoms with Crippen LogP contribution in [-0.4, -0.2) is 0 Å². The highest BCUT2D eigenvalue weighted by molar-refractivity contribution is 6.34. The van der Waals surface area contributed by atoms with E-state index in [1.54, 1.807) is 13.0 Å². The van der Waals surface area contributed by atoms with Crippen LogP contribution in [-0.2, 0) is 38.5 Å². The lowest BCUT2D eigenvalue weighted by atomic mass is 10.1. The van der Waals surface area contributed by atoms with Gasteiger partial charge in [-0.2, -0.15) is 0 Å². The van der Waals surface area contributed by atoms with Crippen LogP contribution >= 0.6 is 23.2 Å². The smallest absolute Gasteiger partial charge is 0.129 e. The van der Waals surface area contributed by atoms with E-state index in [1.165, 1.54) is 63.7 Å². The van der Waals surface area contributed by atoms with Crippen LogP contribution in [0, 0.1) is 37.1 Å². The number of aryl methyl sites for hydroxylation is 7. The Kier molecular flexibility index (Phi) is 25.7. The molecule has 0 saturated heterocycles. The molecule has 0 spiro atoms. The Morgan fingerprint density at radius 2 is 0.714 bits per heavy atom. The van der Waals surface area contributed by atoms with Gasteiger partial charge in [0, 0.05) is 21.7 Å². The summed E-state index contributed by atoms with van der Waals surface area (Å²) in [5.41, 5.74) is 8.96. The van der Waals surface area contributed by atoms with Crippen LogP contribution in [0.1, 0.15) is 86.1 Å². The highest BCUT2D eigenvalue weighted by Gasteiger charge is 2.03. The summed E-state index contributed by atoms with van der Waals surface area (Å²) in [5, 5.41) is 1.42. The molecule has 0 aliphatic carbocycles. The topological polar surface area (TPSA) is 0 Å². The fraction of sp³-hybridized carbons (Fsp3) is 0.280. The molecule has 0 radical (unpaired) electrons. The quantitative estimate of drug-likeness (QED) is 0.147. The minimum atomic E-state index is -0.503. The predicted octanol–water partition coefficient (Wildman–Crippen LogP) is 16.0. The molecule has 6 aromatic rings. The predicted molar refractivity (Wildman–Crippen MR) is 234 cm³/mol. The number of benzene rings is 6. The lowest BCUT2D eigenvalue weighted by Crippen LogP contribution is -1.91. The molecule has 6 rings (SSSR count). The average Bonchev–Trinajstić information content (AvgIpc) is 3.19. The van der Waals surface area contributed by atoms with Crippen LogP contribution in [0.25, 0.3) is 0 Å². The van der Waals surface area contributed by atoms with Gasteiger partial charge in [0.2, 0.25) is 0 Å². The number of halogens is 6. The molecule has 0 unspecified atom stereocenters. The van der Waals surface area contributed by atoms with E-state index >= 15 is 0 Å². The van der Waals surface area contributed by atoms with Gasteiger partial charge in [-0.1, -0.05) is 161 Å². The van der Waals surface area contributed by atoms with Crippen molar-refractivity contribution >= 4 is 23.2 Å². The highest BCUT2D eigenvalue weighted by atomic mass is 35.5. The van der Waals surface area contributed by atoms with Gasteiger partial charge < -0.3 is 0 Å². The molecule has 0 nitrogen and oxygen atoms in total. The molecule has 0 N–H and O–H groups in total. The molecule has 0 aromatic heterocycles. The van der Waals surface area contributed by atoms with Crippen molar-refractivity contribution in [2.24, 2.45) is 0 Å². The van der Waals surface area contributed by atoms with Crippen molar-refractivity contribution in [2.75, 3.05) is 0 Å². The average molecular weight is 806 g/mol. The first-order valence-corrected chi connectivity index (χ1v) is 20.0. The van der Waals surface area contributed by atoms with Gasteiger partial charge in [-0.05, 0) is 123 Å². The molecule has 0 bridgehead atoms. The first-order valence-electron chi connectivity index (χ1n) is 19.3. The van der Waals surface area contributed by atoms with Crippen molar-refractivity contribution in [3.8, 4) is 0 Å². The van der Waals surface area contributed by atoms with Crippen molar-refractivity contribution < 1.29 is 17.6 Å². The second-order valence-electron chi connectivity index (χ2n) is 12.8. The molecule has 0 aliphatic rings. The molecule has 0 amide bonds. The first kappa shape index (κ1) is 49.6. The van der Waals surface area contributed by atoms with Gasteiger partial charge in [0.15, 0.2) is 0 Å². The molecule has 300 valence electrons. The summed E-state index contributed by atoms with van der Waals surface area (Å²) >= 11 is 11.5. The maximum Gasteiger partial charge on any atom is 0.129 e. The second-order valence-corrected chi connectivity index (χ2v) is 13.7. The Bertz CT molecular complexity index is 1770. The molecule has 0 fully saturated rings. The molecular formula is C50H58Cl2F4. The third-order valence-corrected chi connectivity index (χ3v) is 8.82. The monoisotopic (exact) mass is 804 g/mol. The fourth-order valence-corrected chi connectivity index (χ4v) is 5.43. The van der Waals surface area contributed by atoms with E-state index in [2.05, 4.69) is 114 Å². The largest absolute Gasteiger partial charge is 0.207 e. The third-order valence-electron chi connectivity index (χ3n) is 8.39. The molecule has 0 saturated carbocycles. The van der Waals surface area contributed by atoms with Crippen LogP contribution in [0.15, 0.2) is 133 Å². The molecular weight excluding hydrogens is 747 g/mol. The van der Waals surface area contributed by atoms with Gasteiger partial charge in [-0.15, -0.1) is 0 Å². The minimum Gasteiger partial charge on any atom is -0.207 e. The Morgan fingerprint density at radius 1 is 0.357 bits per heavy atom. The van der Waals surface area contributed by atoms with E-state index in [-0.39, 0.29) is 5.56 Å². The molecule has 0 atom stereocenters. The lowest BCUT2D eigenvalue weighted by Gasteiger charge is -1.98. The number of rotatable bonds is 6. The summed E-state index contributed by atoms with van der Waals surface area (Å²) in [6.07, 6.45) is 5.45. The van der Waals surface area contributed by atoms with Crippen molar-refractivity contribution in [3.63, 3.8) is 0 Å². The lowest BCUT2D eigenvalue weighted by molar-refractivity contribution is 0.559. The zero-order valence-electron chi connectivity index (χ0n) is 34.2. The zero-order chi connectivity index (χ0) is 41.9. The standard InChI is InChI=1S/2C9H12.C8H8Cl2.2C8H8F2.C8H10/c2*1-3-9-6-4-8(2)5-7-9;2*1-2-6-3-7(9)5-8(10)4-6;1-2-6-7(9)4-3-5-8(6)10;1-2-8-6-4-3-5-7-8/h2*4-7H,3H2,1-2H3;3*3-5H,2H2,1H3;3-7H,2H2,1H3. The summed E-state index contributed by atoms with van der Waals surface area (Å²) in [5.74, 6) is -1.92. The van der Waals surface area contributed by atoms with E-state index in [9.17, 15) is 17.6 Å². The summed E-state index contributed by atoms with van der Waals surface area (Å²) in [6.45, 7) is 16.4. The molecule has 6 aromatic carbocycles. The normalized spacial score (nSPS) is 9.68. The van der Waals surface area contributed by atoms with Crippen LogP contribution in [0.4, 0.5) is 17.6 Å². The second kappa shape index (κ2) is 28.9. The Hall–Kier alpha value is -4.38. The van der Waals surface area contributed by atoms with Crippen LogP contribution in [0.3, 0.4) is 0 Å². The first-order chi connectivity index (χ1) is 26.8. The fourth-order valence-electron chi connectivity index (χ4n) is 4.86. The van der Waals surface area contributed by atoms with Crippen molar-refractivity contribution in [1.29, 1.82) is 0 Å². The van der Waals surface area contributed by atoms with Gasteiger partial charge in [0.05, 0.1) is 0 Å². The maximum atomic E-state index is 12.6. The van der Waals surface area contributed by atoms with Crippen LogP contribution in [0.2, 0.25) is 10.0 Å². The minimum absolute atomic E-state index is 0.169. The molecule has 0 heterocycles. The van der Waals surface area contributed by atoms with Crippen LogP contribution < -0.4 is 0 Å². The van der Waals surface area contributed by atoms with Gasteiger partial charge in [-0.25, -0.2) is 17.6 Å². The van der Waals surface area contributed by atoms with E-state index in [0.29, 0.717) is 28.5 Å². The summed E-state index contributed by atoms with van der Waals surface area (Å²) in [4.78, 5) is 0. The number of hydrogen-bond acceptors (Lipinski definition) is 0. The Balaban J connectivity index is 0.000000337. The third kappa shape index (κ3) is 21.6. The SMILES string of the molecule is CCc1c(F)cccc1F.CCc1cc(Cl)cc(Cl)c1.CCc1cc(F)cc(F)c1.CCc1ccc(C)cc1.CCc1ccc(C)cc1.CCc1ccccc1. The zero-order valence-corrected chi connectivity index (χ0v) is 35.7. The maximum absolute atomic E-state index is 12.6. The van der Waals surface area contributed by atoms with Crippen LogP contribution in [0.5, 0.6) is 0 Å². The van der Waals surface area contributed by atoms with Gasteiger partial charge in [0.1, 0.15) is 23.3 Å². The van der Waals surface area contributed by atoms with Gasteiger partial charge in [-0.3, -0.25) is 0 Å². The molecule has 6 heteroatoms. The van der Waals surface area contributed by atoms with E-state index in [1.807, 2.05) is 25.1 Å². The summed E-state index contributed by atoms with van der Waals surface area (Å²) in [7, 11) is 0. The van der Waals surface area contributed by atoms with E-state index in [4.69, 9.17) is 23.2 Å². The number of hydrogen-bond donors (Lipinski definition) is 0. The summed E-state index contributed by atoms with van der Waals surface area (Å²) < 4.78 is 50.0. The van der Waals surface area contributed by atoms with E-state index < -0.39 is 23.3 Å². The van der Waals surface area contributed by atoms with Crippen molar-refractivity contribution in [2.45, 2.75) is 93.9 Å².